The van der Waals surface area contributed by atoms with Gasteiger partial charge in [0, 0.05) is 12.6 Å². The van der Waals surface area contributed by atoms with Gasteiger partial charge in [-0.25, -0.2) is 0 Å². The zero-order valence-corrected chi connectivity index (χ0v) is 11.2. The van der Waals surface area contributed by atoms with Crippen LogP contribution in [0.4, 0.5) is 0 Å². The van der Waals surface area contributed by atoms with Gasteiger partial charge in [0.1, 0.15) is 0 Å². The highest BCUT2D eigenvalue weighted by Gasteiger charge is 2.04. The number of ether oxygens (including phenoxy) is 1. The van der Waals surface area contributed by atoms with Gasteiger partial charge in [0.25, 0.3) is 0 Å². The Kier molecular flexibility index (Phi) is 9.09. The minimum atomic E-state index is -0.439. The van der Waals surface area contributed by atoms with Gasteiger partial charge in [-0.1, -0.05) is 44.2 Å². The highest BCUT2D eigenvalue weighted by atomic mass is 35.5. The van der Waals surface area contributed by atoms with Crippen LogP contribution in [0.3, 0.4) is 0 Å². The Morgan fingerprint density at radius 2 is 1.88 bits per heavy atom. The number of aliphatic hydroxyl groups excluding tert-OH is 1. The molecule has 3 nitrogen and oxygen atoms in total. The lowest BCUT2D eigenvalue weighted by atomic mass is 10.2. The fourth-order valence-corrected chi connectivity index (χ4v) is 1.32. The second-order valence-electron chi connectivity index (χ2n) is 4.22. The minimum absolute atomic E-state index is 0. The van der Waals surface area contributed by atoms with Crippen LogP contribution in [0.5, 0.6) is 0 Å². The van der Waals surface area contributed by atoms with Gasteiger partial charge in [0.15, 0.2) is 0 Å². The monoisotopic (exact) mass is 258 g/mol. The number of hydrogen-bond acceptors (Lipinski definition) is 3. The van der Waals surface area contributed by atoms with Crippen LogP contribution < -0.4 is 17.7 Å². The van der Waals surface area contributed by atoms with Gasteiger partial charge >= 0.3 is 0 Å². The largest absolute Gasteiger partial charge is 1.00 e. The van der Waals surface area contributed by atoms with Crippen LogP contribution in [-0.2, 0) is 11.3 Å². The highest BCUT2D eigenvalue weighted by Crippen LogP contribution is 2.00. The van der Waals surface area contributed by atoms with Gasteiger partial charge in [-0.3, -0.25) is 0 Å². The lowest BCUT2D eigenvalue weighted by Crippen LogP contribution is -3.00. The Morgan fingerprint density at radius 3 is 2.47 bits per heavy atom. The summed E-state index contributed by atoms with van der Waals surface area (Å²) >= 11 is 0. The molecule has 0 radical (unpaired) electrons. The van der Waals surface area contributed by atoms with Gasteiger partial charge in [0.05, 0.1) is 19.3 Å². The molecule has 1 aromatic carbocycles. The van der Waals surface area contributed by atoms with E-state index in [1.807, 2.05) is 30.3 Å². The van der Waals surface area contributed by atoms with Crippen molar-refractivity contribution in [3.63, 3.8) is 0 Å². The molecule has 1 unspecified atom stereocenters. The number of rotatable bonds is 7. The minimum Gasteiger partial charge on any atom is -1.00 e. The molecule has 0 amide bonds. The summed E-state index contributed by atoms with van der Waals surface area (Å²) in [5.41, 5.74) is 1.13. The predicted molar refractivity (Wildman–Crippen MR) is 65.2 cm³/mol. The molecule has 0 aliphatic heterocycles. The first kappa shape index (κ1) is 16.4. The maximum absolute atomic E-state index is 9.59. The topological polar surface area (TPSA) is 41.5 Å². The summed E-state index contributed by atoms with van der Waals surface area (Å²) in [6.45, 7) is 5.61. The van der Waals surface area contributed by atoms with Crippen LogP contribution in [0.15, 0.2) is 30.3 Å². The van der Waals surface area contributed by atoms with Crippen molar-refractivity contribution in [1.82, 2.24) is 5.32 Å². The third-order valence-corrected chi connectivity index (χ3v) is 2.18. The van der Waals surface area contributed by atoms with Crippen LogP contribution in [-0.4, -0.2) is 30.4 Å². The predicted octanol–water partition coefficient (Wildman–Crippen LogP) is -1.43. The van der Waals surface area contributed by atoms with Crippen molar-refractivity contribution in [1.29, 1.82) is 0 Å². The molecule has 0 bridgehead atoms. The van der Waals surface area contributed by atoms with Crippen molar-refractivity contribution in [3.05, 3.63) is 35.9 Å². The van der Waals surface area contributed by atoms with E-state index in [1.54, 1.807) is 0 Å². The van der Waals surface area contributed by atoms with E-state index in [9.17, 15) is 5.11 Å². The smallest absolute Gasteiger partial charge is 0.0897 e. The van der Waals surface area contributed by atoms with Crippen molar-refractivity contribution in [2.45, 2.75) is 32.6 Å². The molecule has 0 aromatic heterocycles. The summed E-state index contributed by atoms with van der Waals surface area (Å²) in [7, 11) is 0. The maximum Gasteiger partial charge on any atom is 0.0897 e. The summed E-state index contributed by atoms with van der Waals surface area (Å²) in [6.07, 6.45) is -0.439. The average molecular weight is 259 g/mol. The Bertz CT molecular complexity index is 280. The quantitative estimate of drug-likeness (QED) is 0.630. The summed E-state index contributed by atoms with van der Waals surface area (Å²) < 4.78 is 5.42. The fourth-order valence-electron chi connectivity index (χ4n) is 1.32. The molecule has 0 aliphatic rings. The van der Waals surface area contributed by atoms with Crippen molar-refractivity contribution in [2.75, 3.05) is 13.2 Å². The Hall–Kier alpha value is -0.610. The molecule has 0 spiro atoms. The van der Waals surface area contributed by atoms with Crippen molar-refractivity contribution in [3.8, 4) is 0 Å². The first-order valence-electron chi connectivity index (χ1n) is 5.71. The number of hydrogen-bond donors (Lipinski definition) is 2. The van der Waals surface area contributed by atoms with E-state index in [-0.39, 0.29) is 12.4 Å². The van der Waals surface area contributed by atoms with Crippen LogP contribution in [0.25, 0.3) is 0 Å². The Balaban J connectivity index is 0.00000256. The SMILES string of the molecule is CC(C)NCC(O)COCc1ccccc1.[Cl-]. The lowest BCUT2D eigenvalue weighted by molar-refractivity contribution is -0.00000569. The van der Waals surface area contributed by atoms with Crippen LogP contribution in [0, 0.1) is 0 Å². The Labute approximate surface area is 110 Å². The van der Waals surface area contributed by atoms with Gasteiger partial charge in [-0.2, -0.15) is 0 Å². The molecule has 0 heterocycles. The van der Waals surface area contributed by atoms with E-state index in [0.717, 1.165) is 5.56 Å². The number of nitrogens with one attached hydrogen (secondary N) is 1. The molecule has 1 aromatic rings. The number of halogens is 1. The molecule has 0 saturated carbocycles. The van der Waals surface area contributed by atoms with Crippen molar-refractivity contribution < 1.29 is 22.3 Å². The molecule has 0 saturated heterocycles. The van der Waals surface area contributed by atoms with Crippen molar-refractivity contribution in [2.24, 2.45) is 0 Å². The van der Waals surface area contributed by atoms with E-state index in [4.69, 9.17) is 4.74 Å². The zero-order valence-electron chi connectivity index (χ0n) is 10.4. The van der Waals surface area contributed by atoms with Gasteiger partial charge in [-0.15, -0.1) is 0 Å². The Morgan fingerprint density at radius 1 is 1.24 bits per heavy atom. The molecule has 2 N–H and O–H groups in total. The molecule has 1 atom stereocenters. The third-order valence-electron chi connectivity index (χ3n) is 2.18. The van der Waals surface area contributed by atoms with E-state index >= 15 is 0 Å². The first-order valence-corrected chi connectivity index (χ1v) is 5.71. The highest BCUT2D eigenvalue weighted by molar-refractivity contribution is 5.13. The summed E-state index contributed by atoms with van der Waals surface area (Å²) in [4.78, 5) is 0. The van der Waals surface area contributed by atoms with E-state index in [0.29, 0.717) is 25.8 Å². The second-order valence-corrected chi connectivity index (χ2v) is 4.22. The van der Waals surface area contributed by atoms with Crippen LogP contribution in [0.2, 0.25) is 0 Å². The third kappa shape index (κ3) is 8.16. The van der Waals surface area contributed by atoms with Gasteiger partial charge < -0.3 is 27.6 Å². The van der Waals surface area contributed by atoms with Gasteiger partial charge in [0.2, 0.25) is 0 Å². The standard InChI is InChI=1S/C13H21NO2.ClH/c1-11(2)14-8-13(15)10-16-9-12-6-4-3-5-7-12;/h3-7,11,13-15H,8-10H2,1-2H3;1H/p-1. The summed E-state index contributed by atoms with van der Waals surface area (Å²) in [5.74, 6) is 0. The molecule has 0 aliphatic carbocycles. The maximum atomic E-state index is 9.59. The van der Waals surface area contributed by atoms with Crippen LogP contribution >= 0.6 is 0 Å². The molecule has 17 heavy (non-hydrogen) atoms. The van der Waals surface area contributed by atoms with E-state index < -0.39 is 6.10 Å². The normalized spacial score (nSPS) is 12.2. The van der Waals surface area contributed by atoms with E-state index in [2.05, 4.69) is 19.2 Å². The number of benzene rings is 1. The summed E-state index contributed by atoms with van der Waals surface area (Å²) in [6, 6.07) is 10.4. The molecule has 1 rings (SSSR count). The van der Waals surface area contributed by atoms with Crippen LogP contribution in [0.1, 0.15) is 19.4 Å². The first-order chi connectivity index (χ1) is 7.68. The molecular formula is C13H21ClNO2-. The average Bonchev–Trinajstić information content (AvgIpc) is 2.28. The molecule has 0 fully saturated rings. The molecular weight excluding hydrogens is 238 g/mol. The van der Waals surface area contributed by atoms with Gasteiger partial charge in [-0.05, 0) is 5.56 Å². The summed E-state index contributed by atoms with van der Waals surface area (Å²) in [5, 5.41) is 12.8. The van der Waals surface area contributed by atoms with Crippen molar-refractivity contribution >= 4 is 0 Å². The molecule has 98 valence electrons. The van der Waals surface area contributed by atoms with E-state index in [1.165, 1.54) is 0 Å². The fraction of sp³-hybridized carbons (Fsp3) is 0.538. The second kappa shape index (κ2) is 9.42. The molecule has 4 heteroatoms. The number of aliphatic hydroxyl groups is 1. The zero-order chi connectivity index (χ0) is 11.8. The lowest BCUT2D eigenvalue weighted by Gasteiger charge is -2.14.